The van der Waals surface area contributed by atoms with Gasteiger partial charge in [0.25, 0.3) is 0 Å². The Morgan fingerprint density at radius 1 is 1.25 bits per heavy atom. The standard InChI is InChI=1S/C16H20F4N2O2/c1-10-8-22(9-11(2)24-10)15(23)21-14(7-16(18,19)20)12-3-5-13(17)6-4-12/h3-6,10-11,14H,7-9H2,1-2H3,(H,21,23)/t10-,11-,14+/m1/s1. The lowest BCUT2D eigenvalue weighted by molar-refractivity contribution is -0.140. The minimum atomic E-state index is -4.46. The summed E-state index contributed by atoms with van der Waals surface area (Å²) < 4.78 is 57.0. The molecule has 3 atom stereocenters. The Morgan fingerprint density at radius 3 is 2.29 bits per heavy atom. The topological polar surface area (TPSA) is 41.6 Å². The summed E-state index contributed by atoms with van der Waals surface area (Å²) in [5, 5.41) is 2.41. The van der Waals surface area contributed by atoms with E-state index in [1.165, 1.54) is 17.0 Å². The van der Waals surface area contributed by atoms with Crippen molar-refractivity contribution in [2.45, 2.75) is 44.7 Å². The molecule has 2 rings (SSSR count). The third-order valence-corrected chi connectivity index (χ3v) is 3.71. The van der Waals surface area contributed by atoms with Crippen molar-refractivity contribution in [3.63, 3.8) is 0 Å². The number of benzene rings is 1. The van der Waals surface area contributed by atoms with Crippen LogP contribution >= 0.6 is 0 Å². The Labute approximate surface area is 137 Å². The van der Waals surface area contributed by atoms with Gasteiger partial charge in [-0.15, -0.1) is 0 Å². The van der Waals surface area contributed by atoms with Gasteiger partial charge in [-0.05, 0) is 31.5 Å². The minimum Gasteiger partial charge on any atom is -0.372 e. The van der Waals surface area contributed by atoms with Gasteiger partial charge in [0, 0.05) is 13.1 Å². The molecule has 1 aromatic carbocycles. The molecule has 134 valence electrons. The zero-order chi connectivity index (χ0) is 17.9. The molecular formula is C16H20F4N2O2. The Bertz CT molecular complexity index is 552. The average Bonchev–Trinajstić information content (AvgIpc) is 2.44. The van der Waals surface area contributed by atoms with Gasteiger partial charge >= 0.3 is 12.2 Å². The van der Waals surface area contributed by atoms with Crippen LogP contribution in [0.3, 0.4) is 0 Å². The molecule has 2 amide bonds. The molecule has 1 N–H and O–H groups in total. The van der Waals surface area contributed by atoms with Crippen LogP contribution < -0.4 is 5.32 Å². The summed E-state index contributed by atoms with van der Waals surface area (Å²) in [6.45, 7) is 4.20. The monoisotopic (exact) mass is 348 g/mol. The number of rotatable bonds is 3. The first-order chi connectivity index (χ1) is 11.1. The number of urea groups is 1. The number of hydrogen-bond donors (Lipinski definition) is 1. The fourth-order valence-electron chi connectivity index (χ4n) is 2.76. The first-order valence-corrected chi connectivity index (χ1v) is 7.67. The van der Waals surface area contributed by atoms with E-state index in [2.05, 4.69) is 5.32 Å². The second kappa shape index (κ2) is 7.38. The number of amides is 2. The van der Waals surface area contributed by atoms with E-state index in [4.69, 9.17) is 4.74 Å². The third-order valence-electron chi connectivity index (χ3n) is 3.71. The molecule has 0 radical (unpaired) electrons. The van der Waals surface area contributed by atoms with Gasteiger partial charge < -0.3 is 15.0 Å². The maximum atomic E-state index is 13.0. The molecule has 1 fully saturated rings. The van der Waals surface area contributed by atoms with E-state index in [-0.39, 0.29) is 17.8 Å². The predicted octanol–water partition coefficient (Wildman–Crippen LogP) is 3.64. The minimum absolute atomic E-state index is 0.189. The Morgan fingerprint density at radius 2 is 1.79 bits per heavy atom. The van der Waals surface area contributed by atoms with Crippen LogP contribution in [-0.4, -0.2) is 42.4 Å². The largest absolute Gasteiger partial charge is 0.391 e. The molecule has 1 aliphatic rings. The number of carbonyl (C=O) groups excluding carboxylic acids is 1. The summed E-state index contributed by atoms with van der Waals surface area (Å²) in [6, 6.07) is 2.78. The molecule has 0 saturated carbocycles. The fourth-order valence-corrected chi connectivity index (χ4v) is 2.76. The van der Waals surface area contributed by atoms with Crippen molar-refractivity contribution in [2.24, 2.45) is 0 Å². The van der Waals surface area contributed by atoms with Crippen LogP contribution in [-0.2, 0) is 4.74 Å². The summed E-state index contributed by atoms with van der Waals surface area (Å²) in [7, 11) is 0. The van der Waals surface area contributed by atoms with Gasteiger partial charge in [-0.1, -0.05) is 12.1 Å². The smallest absolute Gasteiger partial charge is 0.372 e. The van der Waals surface area contributed by atoms with Gasteiger partial charge in [-0.3, -0.25) is 0 Å². The predicted molar refractivity (Wildman–Crippen MR) is 79.9 cm³/mol. The van der Waals surface area contributed by atoms with Gasteiger partial charge in [0.1, 0.15) is 5.82 Å². The highest BCUT2D eigenvalue weighted by atomic mass is 19.4. The molecular weight excluding hydrogens is 328 g/mol. The van der Waals surface area contributed by atoms with E-state index in [0.717, 1.165) is 12.1 Å². The number of nitrogens with zero attached hydrogens (tertiary/aromatic N) is 1. The van der Waals surface area contributed by atoms with E-state index in [1.807, 2.05) is 0 Å². The third kappa shape index (κ3) is 5.36. The second-order valence-corrected chi connectivity index (χ2v) is 6.04. The van der Waals surface area contributed by atoms with E-state index in [1.54, 1.807) is 13.8 Å². The number of alkyl halides is 3. The van der Waals surface area contributed by atoms with Crippen molar-refractivity contribution < 1.29 is 27.1 Å². The first-order valence-electron chi connectivity index (χ1n) is 7.67. The highest BCUT2D eigenvalue weighted by Gasteiger charge is 2.35. The summed E-state index contributed by atoms with van der Waals surface area (Å²) in [6.07, 6.45) is -6.06. The van der Waals surface area contributed by atoms with Gasteiger partial charge in [-0.25, -0.2) is 9.18 Å². The zero-order valence-corrected chi connectivity index (χ0v) is 13.4. The normalized spacial score (nSPS) is 23.0. The Kier molecular flexibility index (Phi) is 5.69. The summed E-state index contributed by atoms with van der Waals surface area (Å²) in [5.74, 6) is -0.549. The molecule has 0 spiro atoms. The SMILES string of the molecule is C[C@@H]1CN(C(=O)N[C@@H](CC(F)(F)F)c2ccc(F)cc2)C[C@@H](C)O1. The molecule has 0 unspecified atom stereocenters. The van der Waals surface area contributed by atoms with Gasteiger partial charge in [0.15, 0.2) is 0 Å². The van der Waals surface area contributed by atoms with Crippen LogP contribution in [0.25, 0.3) is 0 Å². The maximum absolute atomic E-state index is 13.0. The van der Waals surface area contributed by atoms with Crippen LogP contribution in [0.1, 0.15) is 31.9 Å². The summed E-state index contributed by atoms with van der Waals surface area (Å²) >= 11 is 0. The van der Waals surface area contributed by atoms with E-state index < -0.39 is 30.5 Å². The first kappa shape index (κ1) is 18.5. The molecule has 8 heteroatoms. The molecule has 0 aliphatic carbocycles. The van der Waals surface area contributed by atoms with Crippen molar-refractivity contribution in [1.29, 1.82) is 0 Å². The van der Waals surface area contributed by atoms with Crippen LogP contribution in [0.4, 0.5) is 22.4 Å². The molecule has 0 aromatic heterocycles. The number of halogens is 4. The van der Waals surface area contributed by atoms with Crippen LogP contribution in [0.5, 0.6) is 0 Å². The van der Waals surface area contributed by atoms with Gasteiger partial charge in [0.05, 0.1) is 24.7 Å². The van der Waals surface area contributed by atoms with E-state index >= 15 is 0 Å². The van der Waals surface area contributed by atoms with Gasteiger partial charge in [-0.2, -0.15) is 13.2 Å². The second-order valence-electron chi connectivity index (χ2n) is 6.04. The van der Waals surface area contributed by atoms with Crippen molar-refractivity contribution in [2.75, 3.05) is 13.1 Å². The van der Waals surface area contributed by atoms with Gasteiger partial charge in [0.2, 0.25) is 0 Å². The van der Waals surface area contributed by atoms with Crippen molar-refractivity contribution in [1.82, 2.24) is 10.2 Å². The number of hydrogen-bond acceptors (Lipinski definition) is 2. The summed E-state index contributed by atoms with van der Waals surface area (Å²) in [4.78, 5) is 13.8. The lowest BCUT2D eigenvalue weighted by atomic mass is 10.0. The van der Waals surface area contributed by atoms with Crippen LogP contribution in [0.2, 0.25) is 0 Å². The zero-order valence-electron chi connectivity index (χ0n) is 13.4. The Hall–Kier alpha value is -1.83. The molecule has 1 aliphatic heterocycles. The quantitative estimate of drug-likeness (QED) is 0.848. The summed E-state index contributed by atoms with van der Waals surface area (Å²) in [5.41, 5.74) is 0.205. The van der Waals surface area contributed by atoms with Crippen molar-refractivity contribution in [3.05, 3.63) is 35.6 Å². The van der Waals surface area contributed by atoms with Crippen molar-refractivity contribution >= 4 is 6.03 Å². The number of ether oxygens (including phenoxy) is 1. The Balaban J connectivity index is 2.12. The molecule has 24 heavy (non-hydrogen) atoms. The highest BCUT2D eigenvalue weighted by molar-refractivity contribution is 5.75. The number of morpholine rings is 1. The molecule has 0 bridgehead atoms. The van der Waals surface area contributed by atoms with Crippen LogP contribution in [0, 0.1) is 5.82 Å². The maximum Gasteiger partial charge on any atom is 0.391 e. The van der Waals surface area contributed by atoms with Crippen LogP contribution in [0.15, 0.2) is 24.3 Å². The lowest BCUT2D eigenvalue weighted by Crippen LogP contribution is -2.52. The molecule has 1 saturated heterocycles. The number of carbonyl (C=O) groups is 1. The van der Waals surface area contributed by atoms with E-state index in [0.29, 0.717) is 13.1 Å². The molecule has 4 nitrogen and oxygen atoms in total. The molecule has 1 aromatic rings. The average molecular weight is 348 g/mol. The highest BCUT2D eigenvalue weighted by Crippen LogP contribution is 2.30. The number of nitrogens with one attached hydrogen (secondary N) is 1. The molecule has 1 heterocycles. The van der Waals surface area contributed by atoms with E-state index in [9.17, 15) is 22.4 Å². The van der Waals surface area contributed by atoms with Crippen molar-refractivity contribution in [3.8, 4) is 0 Å². The fraction of sp³-hybridized carbons (Fsp3) is 0.562. The lowest BCUT2D eigenvalue weighted by Gasteiger charge is -2.36.